The van der Waals surface area contributed by atoms with Gasteiger partial charge in [0.05, 0.1) is 19.8 Å². The lowest BCUT2D eigenvalue weighted by Crippen LogP contribution is -2.06. The number of rotatable bonds is 5. The first-order chi connectivity index (χ1) is 10.6. The molecule has 0 atom stereocenters. The predicted molar refractivity (Wildman–Crippen MR) is 85.1 cm³/mol. The summed E-state index contributed by atoms with van der Waals surface area (Å²) >= 11 is 12.1. The van der Waals surface area contributed by atoms with Gasteiger partial charge in [0.15, 0.2) is 11.5 Å². The molecule has 0 heterocycles. The summed E-state index contributed by atoms with van der Waals surface area (Å²) in [6.07, 6.45) is 0. The molecule has 116 valence electrons. The number of hydrogen-bond acceptors (Lipinski definition) is 4. The number of ether oxygens (including phenoxy) is 3. The maximum absolute atomic E-state index is 12.1. The van der Waals surface area contributed by atoms with Crippen LogP contribution in [0.15, 0.2) is 36.4 Å². The van der Waals surface area contributed by atoms with Crippen LogP contribution in [0, 0.1) is 0 Å². The van der Waals surface area contributed by atoms with E-state index in [9.17, 15) is 4.79 Å². The van der Waals surface area contributed by atoms with E-state index in [1.807, 2.05) is 0 Å². The Morgan fingerprint density at radius 2 is 1.64 bits per heavy atom. The first-order valence-corrected chi connectivity index (χ1v) is 7.14. The van der Waals surface area contributed by atoms with Crippen molar-refractivity contribution in [3.63, 3.8) is 0 Å². The normalized spacial score (nSPS) is 10.2. The second kappa shape index (κ2) is 7.38. The predicted octanol–water partition coefficient (Wildman–Crippen LogP) is 4.37. The Hall–Kier alpha value is -1.91. The van der Waals surface area contributed by atoms with Gasteiger partial charge >= 0.3 is 5.97 Å². The van der Waals surface area contributed by atoms with Gasteiger partial charge in [0.2, 0.25) is 0 Å². The van der Waals surface area contributed by atoms with Crippen molar-refractivity contribution in [3.8, 4) is 11.5 Å². The molecule has 2 rings (SSSR count). The fraction of sp³-hybridized carbons (Fsp3) is 0.188. The van der Waals surface area contributed by atoms with Crippen molar-refractivity contribution in [1.29, 1.82) is 0 Å². The van der Waals surface area contributed by atoms with E-state index in [0.717, 1.165) is 0 Å². The molecule has 0 bridgehead atoms. The average Bonchev–Trinajstić information content (AvgIpc) is 2.53. The first-order valence-electron chi connectivity index (χ1n) is 6.39. The zero-order valence-corrected chi connectivity index (χ0v) is 13.6. The molecule has 0 saturated heterocycles. The van der Waals surface area contributed by atoms with Crippen molar-refractivity contribution in [2.75, 3.05) is 14.2 Å². The summed E-state index contributed by atoms with van der Waals surface area (Å²) in [6.45, 7) is -0.00825. The molecule has 0 radical (unpaired) electrons. The van der Waals surface area contributed by atoms with Crippen molar-refractivity contribution >= 4 is 29.2 Å². The van der Waals surface area contributed by atoms with E-state index in [4.69, 9.17) is 37.4 Å². The van der Waals surface area contributed by atoms with Crippen LogP contribution >= 0.6 is 23.2 Å². The van der Waals surface area contributed by atoms with E-state index in [1.165, 1.54) is 14.2 Å². The SMILES string of the molecule is COc1ccc(C(=O)OCc2c(Cl)cccc2Cl)cc1OC. The first kappa shape index (κ1) is 16.5. The zero-order chi connectivity index (χ0) is 16.1. The maximum atomic E-state index is 12.1. The molecule has 0 aliphatic heterocycles. The summed E-state index contributed by atoms with van der Waals surface area (Å²) in [5.41, 5.74) is 0.917. The average molecular weight is 341 g/mol. The summed E-state index contributed by atoms with van der Waals surface area (Å²) in [5, 5.41) is 0.903. The zero-order valence-electron chi connectivity index (χ0n) is 12.1. The highest BCUT2D eigenvalue weighted by atomic mass is 35.5. The van der Waals surface area contributed by atoms with Gasteiger partial charge in [-0.05, 0) is 30.3 Å². The molecule has 0 aliphatic rings. The molecule has 0 unspecified atom stereocenters. The van der Waals surface area contributed by atoms with E-state index in [2.05, 4.69) is 0 Å². The van der Waals surface area contributed by atoms with Gasteiger partial charge < -0.3 is 14.2 Å². The third-order valence-electron chi connectivity index (χ3n) is 3.03. The van der Waals surface area contributed by atoms with E-state index < -0.39 is 5.97 Å². The van der Waals surface area contributed by atoms with Gasteiger partial charge in [0, 0.05) is 15.6 Å². The number of methoxy groups -OCH3 is 2. The highest BCUT2D eigenvalue weighted by Crippen LogP contribution is 2.29. The minimum atomic E-state index is -0.503. The van der Waals surface area contributed by atoms with Gasteiger partial charge in [-0.25, -0.2) is 4.79 Å². The summed E-state index contributed by atoms with van der Waals surface area (Å²) in [7, 11) is 3.02. The van der Waals surface area contributed by atoms with Crippen LogP contribution in [0.3, 0.4) is 0 Å². The standard InChI is InChI=1S/C16H14Cl2O4/c1-20-14-7-6-10(8-15(14)21-2)16(19)22-9-11-12(17)4-3-5-13(11)18/h3-8H,9H2,1-2H3. The van der Waals surface area contributed by atoms with Gasteiger partial charge in [-0.2, -0.15) is 0 Å². The summed E-state index contributed by atoms with van der Waals surface area (Å²) in [4.78, 5) is 12.1. The van der Waals surface area contributed by atoms with Crippen molar-refractivity contribution in [2.24, 2.45) is 0 Å². The number of esters is 1. The molecule has 4 nitrogen and oxygen atoms in total. The molecule has 22 heavy (non-hydrogen) atoms. The molecule has 0 spiro atoms. The van der Waals surface area contributed by atoms with Gasteiger partial charge in [-0.3, -0.25) is 0 Å². The molecule has 0 amide bonds. The Morgan fingerprint density at radius 3 is 2.23 bits per heavy atom. The largest absolute Gasteiger partial charge is 0.493 e. The summed E-state index contributed by atoms with van der Waals surface area (Å²) < 4.78 is 15.5. The molecular formula is C16H14Cl2O4. The third kappa shape index (κ3) is 3.64. The second-order valence-corrected chi connectivity index (χ2v) is 5.16. The summed E-state index contributed by atoms with van der Waals surface area (Å²) in [5.74, 6) is 0.484. The van der Waals surface area contributed by atoms with E-state index >= 15 is 0 Å². The molecule has 2 aromatic carbocycles. The molecule has 0 saturated carbocycles. The van der Waals surface area contributed by atoms with E-state index in [-0.39, 0.29) is 6.61 Å². The molecule has 0 fully saturated rings. The Kier molecular flexibility index (Phi) is 5.52. The van der Waals surface area contributed by atoms with Crippen LogP contribution in [0.1, 0.15) is 15.9 Å². The van der Waals surface area contributed by atoms with Crippen molar-refractivity contribution in [2.45, 2.75) is 6.61 Å². The molecule has 0 N–H and O–H groups in total. The van der Waals surface area contributed by atoms with Crippen LogP contribution in [0.4, 0.5) is 0 Å². The Balaban J connectivity index is 2.13. The molecule has 2 aromatic rings. The Labute approximate surface area is 138 Å². The number of carbonyl (C=O) groups is 1. The lowest BCUT2D eigenvalue weighted by molar-refractivity contribution is 0.0472. The van der Waals surface area contributed by atoms with Gasteiger partial charge in [-0.1, -0.05) is 29.3 Å². The summed E-state index contributed by atoms with van der Waals surface area (Å²) in [6, 6.07) is 9.88. The van der Waals surface area contributed by atoms with Gasteiger partial charge in [0.1, 0.15) is 6.61 Å². The molecule has 0 aromatic heterocycles. The topological polar surface area (TPSA) is 44.8 Å². The van der Waals surface area contributed by atoms with Crippen molar-refractivity contribution in [3.05, 3.63) is 57.6 Å². The number of hydrogen-bond donors (Lipinski definition) is 0. The number of halogens is 2. The number of benzene rings is 2. The second-order valence-electron chi connectivity index (χ2n) is 4.35. The van der Waals surface area contributed by atoms with Crippen LogP contribution in [-0.2, 0) is 11.3 Å². The molecular weight excluding hydrogens is 327 g/mol. The maximum Gasteiger partial charge on any atom is 0.338 e. The fourth-order valence-electron chi connectivity index (χ4n) is 1.85. The van der Waals surface area contributed by atoms with Crippen LogP contribution in [0.25, 0.3) is 0 Å². The minimum Gasteiger partial charge on any atom is -0.493 e. The smallest absolute Gasteiger partial charge is 0.338 e. The van der Waals surface area contributed by atoms with Crippen molar-refractivity contribution in [1.82, 2.24) is 0 Å². The Morgan fingerprint density at radius 1 is 1.00 bits per heavy atom. The van der Waals surface area contributed by atoms with E-state index in [0.29, 0.717) is 32.7 Å². The monoisotopic (exact) mass is 340 g/mol. The quantitative estimate of drug-likeness (QED) is 0.758. The van der Waals surface area contributed by atoms with Crippen LogP contribution in [0.5, 0.6) is 11.5 Å². The minimum absolute atomic E-state index is 0.00825. The molecule has 6 heteroatoms. The fourth-order valence-corrected chi connectivity index (χ4v) is 2.36. The van der Waals surface area contributed by atoms with Crippen LogP contribution < -0.4 is 9.47 Å². The third-order valence-corrected chi connectivity index (χ3v) is 3.74. The lowest BCUT2D eigenvalue weighted by atomic mass is 10.2. The lowest BCUT2D eigenvalue weighted by Gasteiger charge is -2.11. The van der Waals surface area contributed by atoms with Crippen molar-refractivity contribution < 1.29 is 19.0 Å². The van der Waals surface area contributed by atoms with Crippen LogP contribution in [-0.4, -0.2) is 20.2 Å². The molecule has 0 aliphatic carbocycles. The highest BCUT2D eigenvalue weighted by molar-refractivity contribution is 6.35. The number of carbonyl (C=O) groups excluding carboxylic acids is 1. The van der Waals surface area contributed by atoms with Crippen LogP contribution in [0.2, 0.25) is 10.0 Å². The van der Waals surface area contributed by atoms with Gasteiger partial charge in [-0.15, -0.1) is 0 Å². The van der Waals surface area contributed by atoms with E-state index in [1.54, 1.807) is 36.4 Å². The highest BCUT2D eigenvalue weighted by Gasteiger charge is 2.14. The Bertz CT molecular complexity index is 666. The van der Waals surface area contributed by atoms with Gasteiger partial charge in [0.25, 0.3) is 0 Å².